The average Bonchev–Trinajstić information content (AvgIpc) is 4.02. The third-order valence-electron chi connectivity index (χ3n) is 10.6. The second-order valence-electron chi connectivity index (χ2n) is 17.1. The second kappa shape index (κ2) is 25.3. The second-order valence-corrected chi connectivity index (χ2v) is 22.5. The summed E-state index contributed by atoms with van der Waals surface area (Å²) in [7, 11) is -7.71. The number of nitrogens with one attached hydrogen (secondary N) is 2. The number of anilines is 2. The van der Waals surface area contributed by atoms with Crippen LogP contribution >= 0.6 is 37.2 Å². The number of alkyl carbamates (subject to hydrolysis) is 2. The van der Waals surface area contributed by atoms with Crippen molar-refractivity contribution in [2.45, 2.75) is 107 Å². The molecule has 4 aromatic rings. The van der Waals surface area contributed by atoms with Crippen LogP contribution in [0.5, 0.6) is 0 Å². The number of phosphoric ester groups is 2. The van der Waals surface area contributed by atoms with Gasteiger partial charge in [-0.15, -0.1) is 0 Å². The number of aliphatic hydroxyl groups is 1. The van der Waals surface area contributed by atoms with Gasteiger partial charge in [0.1, 0.15) is 66.6 Å². The van der Waals surface area contributed by atoms with Gasteiger partial charge < -0.3 is 65.6 Å². The van der Waals surface area contributed by atoms with E-state index in [0.717, 1.165) is 10.9 Å². The maximum atomic E-state index is 14.3. The number of aliphatic hydroxyl groups excluding tert-OH is 1. The Morgan fingerprint density at radius 2 is 1.74 bits per heavy atom. The van der Waals surface area contributed by atoms with E-state index in [1.54, 1.807) is 51.3 Å². The number of hydrogen-bond donors (Lipinski definition) is 8. The molecule has 6 rings (SSSR count). The molecule has 0 aliphatic carbocycles. The van der Waals surface area contributed by atoms with Crippen molar-refractivity contribution in [1.29, 1.82) is 0 Å². The van der Waals surface area contributed by atoms with Gasteiger partial charge >= 0.3 is 39.5 Å². The summed E-state index contributed by atoms with van der Waals surface area (Å²) < 4.78 is 71.4. The van der Waals surface area contributed by atoms with Crippen molar-refractivity contribution in [3.63, 3.8) is 0 Å². The van der Waals surface area contributed by atoms with Crippen LogP contribution in [0.25, 0.3) is 21.6 Å². The number of carbonyl (C=O) groups excluding carboxylic acids is 3. The molecule has 2 saturated heterocycles. The van der Waals surface area contributed by atoms with Crippen LogP contribution in [0.3, 0.4) is 0 Å². The third kappa shape index (κ3) is 16.4. The fourth-order valence-corrected chi connectivity index (χ4v) is 10.6. The Hall–Kier alpha value is -5.63. The largest absolute Gasteiger partial charge is 0.472 e. The number of azide groups is 1. The average molecular weight is 1120 g/mol. The first-order valence-electron chi connectivity index (χ1n) is 22.0. The van der Waals surface area contributed by atoms with Gasteiger partial charge in [0.2, 0.25) is 0 Å². The molecular formula is C39H53N13O18P2S2. The summed E-state index contributed by atoms with van der Waals surface area (Å²) in [6.45, 7) is 2.90. The first kappa shape index (κ1) is 57.6. The maximum Gasteiger partial charge on any atom is 0.472 e. The predicted molar refractivity (Wildman–Crippen MR) is 260 cm³/mol. The Morgan fingerprint density at radius 1 is 1.01 bits per heavy atom. The summed E-state index contributed by atoms with van der Waals surface area (Å²) in [5.41, 5.74) is 19.5. The van der Waals surface area contributed by atoms with Crippen LogP contribution in [0.15, 0.2) is 59.1 Å². The number of imidazole rings is 1. The number of nitrogens with zero attached hydrogens (tertiary/aromatic N) is 9. The number of esters is 1. The minimum absolute atomic E-state index is 0.0288. The molecule has 2 amide bonds. The van der Waals surface area contributed by atoms with Crippen molar-refractivity contribution in [3.8, 4) is 0 Å². The van der Waals surface area contributed by atoms with E-state index in [9.17, 15) is 48.1 Å². The van der Waals surface area contributed by atoms with Gasteiger partial charge in [-0.2, -0.15) is 4.98 Å². The van der Waals surface area contributed by atoms with Gasteiger partial charge in [-0.3, -0.25) is 22.7 Å². The zero-order valence-electron chi connectivity index (χ0n) is 39.7. The normalized spacial score (nSPS) is 22.5. The first-order valence-corrected chi connectivity index (χ1v) is 27.6. The first-order chi connectivity index (χ1) is 34.9. The number of ether oxygens (including phenoxy) is 5. The van der Waals surface area contributed by atoms with Crippen molar-refractivity contribution in [2.75, 3.05) is 37.5 Å². The number of carbonyl (C=O) groups is 3. The zero-order valence-corrected chi connectivity index (χ0v) is 43.1. The highest BCUT2D eigenvalue weighted by Crippen LogP contribution is 2.50. The zero-order chi connectivity index (χ0) is 54.0. The number of phosphoric acid groups is 2. The molecule has 3 unspecified atom stereocenters. The van der Waals surface area contributed by atoms with Crippen molar-refractivity contribution < 1.29 is 80.6 Å². The molecule has 3 aromatic heterocycles. The fraction of sp³-hybridized carbons (Fsp3) is 0.538. The van der Waals surface area contributed by atoms with Gasteiger partial charge in [-0.25, -0.2) is 43.3 Å². The standard InChI is InChI=1S/C39H53N13O18P2S2/c1-39(2,3)69-38(57)47-23(10-9-22(74-73-4)14-43-37(56)63-15-20-5-7-21(8-6-20)49-50-42)35(54)68-31-26(67-34(30(31)53)52-19-46-29-32(41)44-18-45-33(29)52)17-65-72(61,62)70-24-13-28(51-12-11-27(40)48-36(51)55)66-25(24)16-64-71(58,59)60/h5-8,11-12,18-19,22-26,28,30-31,34,53H,9-10,13-17H2,1-4H3,(H,43,56)(H,47,57)(H,61,62)(H2,40,48,55)(H2,41,44,45)(H2,58,59,60)/t22?,23?,24-,25+,26-,28+,30+,31+,34-/m0/s1. The van der Waals surface area contributed by atoms with E-state index in [1.807, 2.05) is 0 Å². The maximum absolute atomic E-state index is 14.3. The molecule has 0 saturated carbocycles. The van der Waals surface area contributed by atoms with E-state index < -0.39 is 113 Å². The van der Waals surface area contributed by atoms with E-state index in [1.165, 1.54) is 44.7 Å². The van der Waals surface area contributed by atoms with E-state index in [-0.39, 0.29) is 55.2 Å². The lowest BCUT2D eigenvalue weighted by Crippen LogP contribution is -2.48. The van der Waals surface area contributed by atoms with Crippen molar-refractivity contribution in [2.24, 2.45) is 5.11 Å². The van der Waals surface area contributed by atoms with Gasteiger partial charge in [0, 0.05) is 35.0 Å². The van der Waals surface area contributed by atoms with Crippen LogP contribution in [-0.4, -0.2) is 140 Å². The summed E-state index contributed by atoms with van der Waals surface area (Å²) in [5.74, 6) is -1.28. The predicted octanol–water partition coefficient (Wildman–Crippen LogP) is 3.24. The van der Waals surface area contributed by atoms with E-state index >= 15 is 0 Å². The molecule has 0 bridgehead atoms. The smallest absolute Gasteiger partial charge is 0.455 e. The van der Waals surface area contributed by atoms with Gasteiger partial charge in [0.05, 0.1) is 19.5 Å². The summed E-state index contributed by atoms with van der Waals surface area (Å²) in [6, 6.07) is 6.15. The fourth-order valence-electron chi connectivity index (χ4n) is 7.30. The number of amides is 2. The molecule has 1 aromatic carbocycles. The highest BCUT2D eigenvalue weighted by molar-refractivity contribution is 8.76. The van der Waals surface area contributed by atoms with Crippen molar-refractivity contribution in [3.05, 3.63) is 75.7 Å². The highest BCUT2D eigenvalue weighted by atomic mass is 33.1. The molecule has 404 valence electrons. The van der Waals surface area contributed by atoms with Crippen LogP contribution < -0.4 is 27.8 Å². The SMILES string of the molecule is CSSC(CCC(NC(=O)OC(C)(C)C)C(=O)O[C@H]1[C@@H](O)[C@@H](n2cnc3c(N)ncnc32)O[C@H]1COP(=O)(O)O[C@H]1C[C@H](n2ccc(N)nc2=O)O[C@@H]1COP(=O)(O)O)CNC(=O)OCc1ccc(N=[N+]=[N-])cc1. The summed E-state index contributed by atoms with van der Waals surface area (Å²) in [6.07, 6.45) is -7.73. The molecule has 2 aliphatic heterocycles. The third-order valence-corrected chi connectivity index (χ3v) is 14.3. The lowest BCUT2D eigenvalue weighted by Gasteiger charge is -2.27. The van der Waals surface area contributed by atoms with Crippen LogP contribution in [0.4, 0.5) is 26.9 Å². The lowest BCUT2D eigenvalue weighted by atomic mass is 10.1. The van der Waals surface area contributed by atoms with Gasteiger partial charge in [-0.1, -0.05) is 51.0 Å². The number of fused-ring (bicyclic) bond motifs is 1. The van der Waals surface area contributed by atoms with E-state index in [2.05, 4.69) is 45.1 Å². The highest BCUT2D eigenvalue weighted by Gasteiger charge is 2.50. The quantitative estimate of drug-likeness (QED) is 0.0100. The van der Waals surface area contributed by atoms with Gasteiger partial charge in [0.15, 0.2) is 23.8 Å². The van der Waals surface area contributed by atoms with Crippen LogP contribution in [-0.2, 0) is 57.8 Å². The van der Waals surface area contributed by atoms with Gasteiger partial charge in [-0.05, 0) is 57.0 Å². The number of hydrogen-bond acceptors (Lipinski definition) is 24. The molecule has 10 N–H and O–H groups in total. The molecule has 31 nitrogen and oxygen atoms in total. The molecule has 35 heteroatoms. The number of rotatable bonds is 23. The summed E-state index contributed by atoms with van der Waals surface area (Å²) >= 11 is 0. The monoisotopic (exact) mass is 1120 g/mol. The summed E-state index contributed by atoms with van der Waals surface area (Å²) in [4.78, 5) is 101. The Kier molecular flexibility index (Phi) is 19.7. The minimum atomic E-state index is -5.31. The number of benzene rings is 1. The molecule has 5 heterocycles. The van der Waals surface area contributed by atoms with E-state index in [0.29, 0.717) is 11.3 Å². The molecule has 2 aliphatic rings. The number of aromatic nitrogens is 6. The van der Waals surface area contributed by atoms with Crippen LogP contribution in [0, 0.1) is 0 Å². The Labute approximate surface area is 427 Å². The number of nitrogen functional groups attached to an aromatic ring is 2. The molecule has 74 heavy (non-hydrogen) atoms. The van der Waals surface area contributed by atoms with Crippen LogP contribution in [0.2, 0.25) is 0 Å². The minimum Gasteiger partial charge on any atom is -0.455 e. The van der Waals surface area contributed by atoms with Crippen molar-refractivity contribution in [1.82, 2.24) is 39.7 Å². The number of nitrogens with two attached hydrogens (primary N) is 2. The van der Waals surface area contributed by atoms with E-state index in [4.69, 9.17) is 49.7 Å². The molecule has 2 fully saturated rings. The molecule has 0 radical (unpaired) electrons. The lowest BCUT2D eigenvalue weighted by molar-refractivity contribution is -0.159. The topological polar surface area (TPSA) is 443 Å². The Balaban J connectivity index is 1.19. The Morgan fingerprint density at radius 3 is 2.42 bits per heavy atom. The van der Waals surface area contributed by atoms with Crippen molar-refractivity contribution >= 4 is 83.9 Å². The molecular weight excluding hydrogens is 1060 g/mol. The Bertz CT molecular complexity index is 2820. The van der Waals surface area contributed by atoms with Gasteiger partial charge in [0.25, 0.3) is 0 Å². The van der Waals surface area contributed by atoms with Crippen LogP contribution in [0.1, 0.15) is 58.1 Å². The summed E-state index contributed by atoms with van der Waals surface area (Å²) in [5, 5.41) is 20.2. The molecule has 0 spiro atoms. The molecule has 10 atom stereocenters.